The van der Waals surface area contributed by atoms with Crippen LogP contribution >= 0.6 is 11.3 Å². The van der Waals surface area contributed by atoms with Crippen molar-refractivity contribution in [3.63, 3.8) is 0 Å². The van der Waals surface area contributed by atoms with E-state index in [4.69, 9.17) is 4.52 Å². The summed E-state index contributed by atoms with van der Waals surface area (Å²) in [7, 11) is 0. The van der Waals surface area contributed by atoms with Crippen molar-refractivity contribution in [3.05, 3.63) is 17.1 Å². The third kappa shape index (κ3) is 0.928. The molecule has 0 spiro atoms. The first-order chi connectivity index (χ1) is 7.20. The van der Waals surface area contributed by atoms with Crippen LogP contribution in [-0.2, 0) is 0 Å². The molecule has 2 aromatic heterocycles. The van der Waals surface area contributed by atoms with Gasteiger partial charge < -0.3 is 14.7 Å². The third-order valence-electron chi connectivity index (χ3n) is 2.45. The monoisotopic (exact) mass is 221 g/mol. The Balaban J connectivity index is 2.71. The zero-order valence-electron chi connectivity index (χ0n) is 7.81. The number of hydrogen-bond acceptors (Lipinski definition) is 5. The highest BCUT2D eigenvalue weighted by molar-refractivity contribution is 7.17. The lowest BCUT2D eigenvalue weighted by Gasteiger charge is -1.99. The van der Waals surface area contributed by atoms with Crippen molar-refractivity contribution in [2.75, 3.05) is 0 Å². The van der Waals surface area contributed by atoms with Gasteiger partial charge in [-0.2, -0.15) is 0 Å². The van der Waals surface area contributed by atoms with Gasteiger partial charge in [0.2, 0.25) is 5.58 Å². The van der Waals surface area contributed by atoms with Gasteiger partial charge in [-0.15, -0.1) is 11.3 Å². The van der Waals surface area contributed by atoms with Gasteiger partial charge in [0.05, 0.1) is 15.8 Å². The molecule has 1 aromatic carbocycles. The molecule has 2 N–H and O–H groups in total. The van der Waals surface area contributed by atoms with Crippen LogP contribution in [0.2, 0.25) is 0 Å². The second-order valence-corrected chi connectivity index (χ2v) is 4.25. The third-order valence-corrected chi connectivity index (χ3v) is 3.37. The zero-order chi connectivity index (χ0) is 10.6. The molecule has 0 amide bonds. The van der Waals surface area contributed by atoms with Crippen LogP contribution in [0.5, 0.6) is 11.5 Å². The standard InChI is InChI=1S/C10H7NO3S/c1-4-6-8(13)10-5(2-3-15-10)7(12)9(6)14-11-4/h2-3,12-13H,1H3. The SMILES string of the molecule is Cc1noc2c(O)c3ccsc3c(O)c12. The normalized spacial score (nSPS) is 11.5. The molecular weight excluding hydrogens is 214 g/mol. The van der Waals surface area contributed by atoms with Gasteiger partial charge in [-0.25, -0.2) is 0 Å². The summed E-state index contributed by atoms with van der Waals surface area (Å²) in [6, 6.07) is 1.74. The lowest BCUT2D eigenvalue weighted by molar-refractivity contribution is 0.421. The molecule has 0 aliphatic carbocycles. The highest BCUT2D eigenvalue weighted by Gasteiger charge is 2.19. The summed E-state index contributed by atoms with van der Waals surface area (Å²) in [6.07, 6.45) is 0. The summed E-state index contributed by atoms with van der Waals surface area (Å²) in [5, 5.41) is 26.5. The number of aromatic nitrogens is 1. The molecule has 5 heteroatoms. The molecule has 3 rings (SSSR count). The molecule has 4 nitrogen and oxygen atoms in total. The Hall–Kier alpha value is -1.75. The van der Waals surface area contributed by atoms with Crippen molar-refractivity contribution in [3.8, 4) is 11.5 Å². The Bertz CT molecular complexity index is 668. The van der Waals surface area contributed by atoms with Crippen molar-refractivity contribution in [1.82, 2.24) is 5.16 Å². The minimum atomic E-state index is 0.0413. The molecule has 0 unspecified atom stereocenters. The van der Waals surface area contributed by atoms with E-state index in [-0.39, 0.29) is 17.1 Å². The number of hydrogen-bond donors (Lipinski definition) is 2. The summed E-state index contributed by atoms with van der Waals surface area (Å²) in [5.41, 5.74) is 0.823. The van der Waals surface area contributed by atoms with Crippen molar-refractivity contribution >= 4 is 32.4 Å². The fourth-order valence-corrected chi connectivity index (χ4v) is 2.57. The number of benzene rings is 1. The van der Waals surface area contributed by atoms with Crippen LogP contribution in [0.4, 0.5) is 0 Å². The molecule has 15 heavy (non-hydrogen) atoms. The lowest BCUT2D eigenvalue weighted by Crippen LogP contribution is -1.75. The number of phenols is 2. The quantitative estimate of drug-likeness (QED) is 0.573. The molecule has 0 fully saturated rings. The zero-order valence-corrected chi connectivity index (χ0v) is 8.63. The number of fused-ring (bicyclic) bond motifs is 2. The van der Waals surface area contributed by atoms with E-state index in [2.05, 4.69) is 5.16 Å². The molecule has 0 bridgehead atoms. The largest absolute Gasteiger partial charge is 0.506 e. The first kappa shape index (κ1) is 8.55. The van der Waals surface area contributed by atoms with Crippen molar-refractivity contribution in [2.45, 2.75) is 6.92 Å². The fraction of sp³-hybridized carbons (Fsp3) is 0.100. The van der Waals surface area contributed by atoms with Crippen molar-refractivity contribution in [1.29, 1.82) is 0 Å². The molecular formula is C10H7NO3S. The van der Waals surface area contributed by atoms with Gasteiger partial charge in [-0.05, 0) is 18.4 Å². The van der Waals surface area contributed by atoms with Crippen LogP contribution in [0.15, 0.2) is 16.0 Å². The summed E-state index contributed by atoms with van der Waals surface area (Å²) in [4.78, 5) is 0. The van der Waals surface area contributed by atoms with Crippen molar-refractivity contribution < 1.29 is 14.7 Å². The van der Waals surface area contributed by atoms with E-state index in [1.54, 1.807) is 13.0 Å². The first-order valence-corrected chi connectivity index (χ1v) is 5.25. The Labute approximate surface area is 88.4 Å². The first-order valence-electron chi connectivity index (χ1n) is 4.37. The predicted molar refractivity (Wildman–Crippen MR) is 57.5 cm³/mol. The molecule has 0 aliphatic rings. The van der Waals surface area contributed by atoms with Crippen LogP contribution in [0.25, 0.3) is 21.1 Å². The molecule has 0 radical (unpaired) electrons. The van der Waals surface area contributed by atoms with E-state index in [1.807, 2.05) is 5.38 Å². The Kier molecular flexibility index (Phi) is 1.50. The Morgan fingerprint density at radius 1 is 1.33 bits per heavy atom. The van der Waals surface area contributed by atoms with Crippen molar-refractivity contribution in [2.24, 2.45) is 0 Å². The van der Waals surface area contributed by atoms with E-state index >= 15 is 0 Å². The fourth-order valence-electron chi connectivity index (χ4n) is 1.73. The molecule has 0 saturated carbocycles. The molecule has 76 valence electrons. The molecule has 3 aromatic rings. The number of aromatic hydroxyl groups is 2. The maximum absolute atomic E-state index is 9.99. The average molecular weight is 221 g/mol. The lowest BCUT2D eigenvalue weighted by atomic mass is 10.1. The van der Waals surface area contributed by atoms with Gasteiger partial charge in [0.25, 0.3) is 0 Å². The van der Waals surface area contributed by atoms with Gasteiger partial charge >= 0.3 is 0 Å². The van der Waals surface area contributed by atoms with Gasteiger partial charge in [0.1, 0.15) is 5.75 Å². The van der Waals surface area contributed by atoms with Gasteiger partial charge in [0, 0.05) is 5.39 Å². The number of nitrogens with zero attached hydrogens (tertiary/aromatic N) is 1. The predicted octanol–water partition coefficient (Wildman–Crippen LogP) is 2.76. The Morgan fingerprint density at radius 3 is 2.93 bits per heavy atom. The van der Waals surface area contributed by atoms with E-state index in [1.165, 1.54) is 11.3 Å². The Morgan fingerprint density at radius 2 is 2.13 bits per heavy atom. The van der Waals surface area contributed by atoms with Gasteiger partial charge in [0.15, 0.2) is 5.75 Å². The highest BCUT2D eigenvalue weighted by atomic mass is 32.1. The second-order valence-electron chi connectivity index (χ2n) is 3.33. The maximum Gasteiger partial charge on any atom is 0.213 e. The van der Waals surface area contributed by atoms with E-state index in [9.17, 15) is 10.2 Å². The number of aryl methyl sites for hydroxylation is 1. The topological polar surface area (TPSA) is 66.5 Å². The molecule has 0 saturated heterocycles. The minimum absolute atomic E-state index is 0.0413. The van der Waals surface area contributed by atoms with Crippen LogP contribution in [0.3, 0.4) is 0 Å². The van der Waals surface area contributed by atoms with Crippen LogP contribution < -0.4 is 0 Å². The minimum Gasteiger partial charge on any atom is -0.506 e. The summed E-state index contributed by atoms with van der Waals surface area (Å²) in [5.74, 6) is 0.172. The summed E-state index contributed by atoms with van der Waals surface area (Å²) < 4.78 is 5.64. The average Bonchev–Trinajstić information content (AvgIpc) is 2.80. The number of thiophene rings is 1. The molecule has 0 aliphatic heterocycles. The molecule has 0 atom stereocenters. The maximum atomic E-state index is 9.99. The van der Waals surface area contributed by atoms with Crippen LogP contribution in [0.1, 0.15) is 5.69 Å². The van der Waals surface area contributed by atoms with Crippen LogP contribution in [0, 0.1) is 6.92 Å². The summed E-state index contributed by atoms with van der Waals surface area (Å²) >= 11 is 1.38. The van der Waals surface area contributed by atoms with E-state index < -0.39 is 0 Å². The van der Waals surface area contributed by atoms with Gasteiger partial charge in [-0.3, -0.25) is 0 Å². The molecule has 2 heterocycles. The number of phenolic OH excluding ortho intramolecular Hbond substituents is 2. The second kappa shape index (κ2) is 2.64. The van der Waals surface area contributed by atoms with E-state index in [0.717, 1.165) is 0 Å². The highest BCUT2D eigenvalue weighted by Crippen LogP contribution is 2.44. The van der Waals surface area contributed by atoms with E-state index in [0.29, 0.717) is 21.2 Å². The number of rotatable bonds is 0. The van der Waals surface area contributed by atoms with Crippen LogP contribution in [-0.4, -0.2) is 15.4 Å². The van der Waals surface area contributed by atoms with Gasteiger partial charge in [-0.1, -0.05) is 5.16 Å². The smallest absolute Gasteiger partial charge is 0.213 e. The summed E-state index contributed by atoms with van der Waals surface area (Å²) in [6.45, 7) is 1.73.